The Morgan fingerprint density at radius 3 is 2.14 bits per heavy atom. The molecule has 4 atom stereocenters. The molecule has 1 fully saturated rings. The minimum Gasteiger partial charge on any atom is -0.480 e. The lowest BCUT2D eigenvalue weighted by Crippen LogP contribution is -2.45. The molecular weight excluding hydrogens is 950 g/mol. The van der Waals surface area contributed by atoms with E-state index in [1.807, 2.05) is 55.7 Å². The van der Waals surface area contributed by atoms with E-state index in [1.165, 1.54) is 0 Å². The molecule has 17 nitrogen and oxygen atoms in total. The maximum absolute atomic E-state index is 15.3. The summed E-state index contributed by atoms with van der Waals surface area (Å²) >= 11 is 1.05. The summed E-state index contributed by atoms with van der Waals surface area (Å²) in [6.07, 6.45) is 3.09. The van der Waals surface area contributed by atoms with Crippen molar-refractivity contribution in [1.29, 1.82) is 0 Å². The van der Waals surface area contributed by atoms with Gasteiger partial charge in [0.1, 0.15) is 30.4 Å². The maximum atomic E-state index is 15.3. The van der Waals surface area contributed by atoms with Gasteiger partial charge < -0.3 is 49.5 Å². The number of nitrogens with zero attached hydrogens (tertiary/aromatic N) is 3. The average molecular weight is 1020 g/mol. The zero-order chi connectivity index (χ0) is 51.3. The highest BCUT2D eigenvalue weighted by molar-refractivity contribution is 8.00. The van der Waals surface area contributed by atoms with Crippen molar-refractivity contribution < 1.29 is 66.0 Å². The number of alkyl halides is 1. The first-order valence-corrected chi connectivity index (χ1v) is 24.7. The fourth-order valence-electron chi connectivity index (χ4n) is 8.06. The van der Waals surface area contributed by atoms with Crippen molar-refractivity contribution >= 4 is 47.3 Å². The molecule has 3 heterocycles. The Balaban J connectivity index is 1.06. The summed E-state index contributed by atoms with van der Waals surface area (Å²) in [5.41, 5.74) is 1.43. The summed E-state index contributed by atoms with van der Waals surface area (Å²) < 4.78 is 68.4. The zero-order valence-electron chi connectivity index (χ0n) is 40.4. The van der Waals surface area contributed by atoms with Gasteiger partial charge in [-0.1, -0.05) is 51.1 Å². The van der Waals surface area contributed by atoms with Gasteiger partial charge in [0.2, 0.25) is 17.7 Å². The Labute approximate surface area is 416 Å². The van der Waals surface area contributed by atoms with E-state index < -0.39 is 64.9 Å². The van der Waals surface area contributed by atoms with Crippen molar-refractivity contribution in [3.63, 3.8) is 0 Å². The number of nitrogens with one attached hydrogen (secondary N) is 3. The SMILES string of the molecule is CC(C)(C)[C@H](c1cc(-c2cc(F)ccc2F)cn1Cc1ccccc1)N(CC[C@@H]1CNC[C@@H]1F)C(=O)CSC[C@H](NC(=O)CCOCCOCCOCCOCCNC(=O)CN1C(=O)C=CC1=O)C(=O)O. The molecule has 388 valence electrons. The van der Waals surface area contributed by atoms with E-state index in [0.717, 1.165) is 52.6 Å². The number of carboxylic acids is 1. The third kappa shape index (κ3) is 18.2. The molecule has 5 amide bonds. The number of thioether (sulfide) groups is 1. The Bertz CT molecular complexity index is 2260. The Morgan fingerprint density at radius 1 is 0.873 bits per heavy atom. The lowest BCUT2D eigenvalue weighted by atomic mass is 9.82. The summed E-state index contributed by atoms with van der Waals surface area (Å²) in [5, 5.41) is 18.1. The largest absolute Gasteiger partial charge is 0.480 e. The van der Waals surface area contributed by atoms with E-state index in [-0.39, 0.29) is 114 Å². The normalized spacial score (nSPS) is 16.6. The van der Waals surface area contributed by atoms with E-state index in [1.54, 1.807) is 17.2 Å². The van der Waals surface area contributed by atoms with E-state index in [4.69, 9.17) is 18.9 Å². The van der Waals surface area contributed by atoms with Gasteiger partial charge in [-0.2, -0.15) is 0 Å². The van der Waals surface area contributed by atoms with Gasteiger partial charge in [-0.05, 0) is 41.7 Å². The van der Waals surface area contributed by atoms with Crippen molar-refractivity contribution in [3.8, 4) is 11.1 Å². The van der Waals surface area contributed by atoms with Crippen molar-refractivity contribution in [2.75, 3.05) is 97.1 Å². The van der Waals surface area contributed by atoms with Crippen molar-refractivity contribution in [2.24, 2.45) is 11.3 Å². The quantitative estimate of drug-likeness (QED) is 0.0529. The molecule has 5 rings (SSSR count). The summed E-state index contributed by atoms with van der Waals surface area (Å²) in [5.74, 6) is -5.55. The van der Waals surface area contributed by atoms with E-state index in [2.05, 4.69) is 16.0 Å². The first-order chi connectivity index (χ1) is 34.0. The molecule has 4 N–H and O–H groups in total. The fourth-order valence-corrected chi connectivity index (χ4v) is 8.98. The maximum Gasteiger partial charge on any atom is 0.327 e. The number of rotatable bonds is 31. The number of imide groups is 1. The van der Waals surface area contributed by atoms with Gasteiger partial charge in [-0.3, -0.25) is 28.9 Å². The summed E-state index contributed by atoms with van der Waals surface area (Å²) in [4.78, 5) is 77.0. The lowest BCUT2D eigenvalue weighted by Gasteiger charge is -2.41. The second-order valence-corrected chi connectivity index (χ2v) is 19.1. The molecule has 2 aliphatic heterocycles. The monoisotopic (exact) mass is 1010 g/mol. The Kier molecular flexibility index (Phi) is 22.6. The standard InChI is InChI=1S/C50H65F3N6O11S/c1-50(2,3)48(42-25-36(38-26-37(51)9-10-39(38)52)30-57(42)29-34-7-5-4-6-8-34)58(16-13-35-27-54-28-40(35)53)47(64)33-71-32-41(49(65)66)56-43(60)14-17-67-19-21-69-23-24-70-22-20-68-18-15-55-44(61)31-59-45(62)11-12-46(59)63/h4-12,25-26,30,35,40-41,48,54H,13-24,27-29,31-33H2,1-3H3,(H,55,61)(H,56,60)(H,65,66)/t35-,40+,41+,48+/m1/s1. The molecule has 0 saturated carbocycles. The van der Waals surface area contributed by atoms with Gasteiger partial charge in [0, 0.05) is 86.0 Å². The number of carbonyl (C=O) groups excluding carboxylic acids is 5. The van der Waals surface area contributed by atoms with Crippen LogP contribution in [-0.2, 0) is 54.3 Å². The number of benzene rings is 2. The Morgan fingerprint density at radius 2 is 1.52 bits per heavy atom. The molecule has 71 heavy (non-hydrogen) atoms. The molecule has 2 aliphatic rings. The van der Waals surface area contributed by atoms with Crippen LogP contribution in [0.4, 0.5) is 13.2 Å². The third-order valence-corrected chi connectivity index (χ3v) is 12.6. The molecule has 21 heteroatoms. The first kappa shape index (κ1) is 56.3. The molecule has 0 spiro atoms. The van der Waals surface area contributed by atoms with Gasteiger partial charge in [0.05, 0.1) is 64.6 Å². The minimum absolute atomic E-state index is 0.00609. The first-order valence-electron chi connectivity index (χ1n) is 23.6. The number of halogens is 3. The fraction of sp³-hybridized carbons (Fsp3) is 0.520. The van der Waals surface area contributed by atoms with Crippen LogP contribution in [0.1, 0.15) is 50.9 Å². The molecule has 0 unspecified atom stereocenters. The average Bonchev–Trinajstić information content (AvgIpc) is 4.03. The van der Waals surface area contributed by atoms with Gasteiger partial charge in [-0.15, -0.1) is 11.8 Å². The number of amides is 5. The minimum atomic E-state index is -1.31. The zero-order valence-corrected chi connectivity index (χ0v) is 41.2. The predicted octanol–water partition coefficient (Wildman–Crippen LogP) is 4.15. The van der Waals surface area contributed by atoms with Crippen molar-refractivity contribution in [2.45, 2.75) is 58.4 Å². The molecule has 0 bridgehead atoms. The van der Waals surface area contributed by atoms with Crippen molar-refractivity contribution in [3.05, 3.63) is 95.8 Å². The second kappa shape index (κ2) is 28.5. The van der Waals surface area contributed by atoms with Crippen LogP contribution < -0.4 is 16.0 Å². The van der Waals surface area contributed by atoms with Crippen LogP contribution in [-0.4, -0.2) is 164 Å². The van der Waals surface area contributed by atoms with Gasteiger partial charge in [0.15, 0.2) is 0 Å². The third-order valence-electron chi connectivity index (χ3n) is 11.6. The highest BCUT2D eigenvalue weighted by atomic mass is 32.2. The summed E-state index contributed by atoms with van der Waals surface area (Å²) in [6.45, 7) is 8.64. The van der Waals surface area contributed by atoms with Crippen LogP contribution in [0.25, 0.3) is 11.1 Å². The van der Waals surface area contributed by atoms with Crippen LogP contribution >= 0.6 is 11.8 Å². The van der Waals surface area contributed by atoms with Crippen LogP contribution in [0, 0.1) is 23.0 Å². The number of carboxylic acid groups (broad SMARTS) is 1. The molecule has 1 aromatic heterocycles. The van der Waals surface area contributed by atoms with Crippen LogP contribution in [0.2, 0.25) is 0 Å². The molecular formula is C50H65F3N6O11S. The lowest BCUT2D eigenvalue weighted by molar-refractivity contribution is -0.141. The van der Waals surface area contributed by atoms with Gasteiger partial charge in [0.25, 0.3) is 11.8 Å². The molecule has 1 saturated heterocycles. The number of aliphatic carboxylic acids is 1. The van der Waals surface area contributed by atoms with E-state index >= 15 is 4.39 Å². The van der Waals surface area contributed by atoms with E-state index in [0.29, 0.717) is 30.8 Å². The van der Waals surface area contributed by atoms with Gasteiger partial charge >= 0.3 is 5.97 Å². The number of aromatic nitrogens is 1. The summed E-state index contributed by atoms with van der Waals surface area (Å²) in [7, 11) is 0. The highest BCUT2D eigenvalue weighted by Gasteiger charge is 2.39. The van der Waals surface area contributed by atoms with Gasteiger partial charge in [-0.25, -0.2) is 18.0 Å². The molecule has 0 aliphatic carbocycles. The summed E-state index contributed by atoms with van der Waals surface area (Å²) in [6, 6.07) is 12.6. The molecule has 0 radical (unpaired) electrons. The predicted molar refractivity (Wildman–Crippen MR) is 259 cm³/mol. The topological polar surface area (TPSA) is 207 Å². The number of carbonyl (C=O) groups is 6. The molecule has 3 aromatic rings. The van der Waals surface area contributed by atoms with Crippen LogP contribution in [0.15, 0.2) is 72.9 Å². The number of hydrogen-bond acceptors (Lipinski definition) is 12. The van der Waals surface area contributed by atoms with Crippen molar-refractivity contribution in [1.82, 2.24) is 30.3 Å². The molecule has 2 aromatic carbocycles. The number of hydrogen-bond donors (Lipinski definition) is 4. The number of ether oxygens (including phenoxy) is 4. The van der Waals surface area contributed by atoms with Crippen LogP contribution in [0.5, 0.6) is 0 Å². The Hall–Kier alpha value is -5.58. The highest BCUT2D eigenvalue weighted by Crippen LogP contribution is 2.42. The smallest absolute Gasteiger partial charge is 0.327 e. The van der Waals surface area contributed by atoms with Crippen LogP contribution in [0.3, 0.4) is 0 Å². The second-order valence-electron chi connectivity index (χ2n) is 18.1. The van der Waals surface area contributed by atoms with E-state index in [9.17, 15) is 42.7 Å².